The molecule has 2 aromatic rings. The van der Waals surface area contributed by atoms with Crippen LogP contribution >= 0.6 is 0 Å². The monoisotopic (exact) mass is 423 g/mol. The fraction of sp³-hybridized carbons (Fsp3) is 0.429. The summed E-state index contributed by atoms with van der Waals surface area (Å²) in [5, 5.41) is 14.3. The summed E-state index contributed by atoms with van der Waals surface area (Å²) in [7, 11) is 0. The molecule has 0 bridgehead atoms. The molecule has 1 aliphatic rings. The minimum absolute atomic E-state index is 0.0198. The zero-order valence-corrected chi connectivity index (χ0v) is 16.3. The third-order valence-corrected chi connectivity index (χ3v) is 5.09. The van der Waals surface area contributed by atoms with E-state index < -0.39 is 24.4 Å². The molecule has 3 N–H and O–H groups in total. The van der Waals surface area contributed by atoms with E-state index in [0.717, 1.165) is 43.4 Å². The van der Waals surface area contributed by atoms with Crippen LogP contribution in [0.1, 0.15) is 42.4 Å². The van der Waals surface area contributed by atoms with Gasteiger partial charge in [-0.15, -0.1) is 0 Å². The molecule has 1 aromatic carbocycles. The van der Waals surface area contributed by atoms with Gasteiger partial charge in [-0.1, -0.05) is 6.07 Å². The number of anilines is 1. The number of hydrogen-bond acceptors (Lipinski definition) is 4. The van der Waals surface area contributed by atoms with Gasteiger partial charge in [0.15, 0.2) is 0 Å². The van der Waals surface area contributed by atoms with E-state index in [-0.39, 0.29) is 23.4 Å². The van der Waals surface area contributed by atoms with Gasteiger partial charge in [-0.25, -0.2) is 4.79 Å². The second kappa shape index (κ2) is 9.90. The Balaban J connectivity index is 1.46. The Kier molecular flexibility index (Phi) is 7.28. The van der Waals surface area contributed by atoms with E-state index in [1.54, 1.807) is 12.4 Å². The summed E-state index contributed by atoms with van der Waals surface area (Å²) in [4.78, 5) is 16.2. The minimum Gasteiger partial charge on any atom is -0.392 e. The molecule has 0 radical (unpaired) electrons. The number of hydrogen-bond donors (Lipinski definition) is 3. The quantitative estimate of drug-likeness (QED) is 0.649. The number of alkyl halides is 3. The van der Waals surface area contributed by atoms with Crippen molar-refractivity contribution >= 4 is 11.7 Å². The predicted molar refractivity (Wildman–Crippen MR) is 105 cm³/mol. The second-order valence-electron chi connectivity index (χ2n) is 7.27. The number of ether oxygens (including phenoxy) is 1. The van der Waals surface area contributed by atoms with Crippen LogP contribution in [0.5, 0.6) is 0 Å². The first-order chi connectivity index (χ1) is 14.3. The number of pyridine rings is 1. The molecule has 2 amide bonds. The van der Waals surface area contributed by atoms with Gasteiger partial charge in [0.25, 0.3) is 0 Å². The number of aromatic nitrogens is 1. The van der Waals surface area contributed by atoms with Crippen LogP contribution in [0, 0.1) is 0 Å². The van der Waals surface area contributed by atoms with Crippen LogP contribution in [0.3, 0.4) is 0 Å². The number of aliphatic hydroxyl groups excluding tert-OH is 1. The third kappa shape index (κ3) is 6.17. The van der Waals surface area contributed by atoms with Gasteiger partial charge in [-0.2, -0.15) is 13.2 Å². The Bertz CT molecular complexity index is 838. The molecule has 0 spiro atoms. The molecule has 0 saturated heterocycles. The van der Waals surface area contributed by atoms with E-state index in [2.05, 4.69) is 15.6 Å². The van der Waals surface area contributed by atoms with Crippen molar-refractivity contribution < 1.29 is 27.8 Å². The molecule has 1 fully saturated rings. The fourth-order valence-corrected chi connectivity index (χ4v) is 3.48. The number of benzene rings is 1. The van der Waals surface area contributed by atoms with Crippen molar-refractivity contribution in [2.45, 2.75) is 57.2 Å². The number of nitrogens with zero attached hydrogens (tertiary/aromatic N) is 1. The van der Waals surface area contributed by atoms with Gasteiger partial charge in [0.05, 0.1) is 24.9 Å². The number of amides is 2. The summed E-state index contributed by atoms with van der Waals surface area (Å²) >= 11 is 0. The van der Waals surface area contributed by atoms with Crippen LogP contribution in [0.4, 0.5) is 23.7 Å². The highest BCUT2D eigenvalue weighted by Crippen LogP contribution is 2.34. The highest BCUT2D eigenvalue weighted by atomic mass is 19.4. The lowest BCUT2D eigenvalue weighted by Crippen LogP contribution is -2.41. The number of aliphatic hydroxyl groups is 1. The number of rotatable bonds is 6. The number of carbonyl (C=O) groups excluding carboxylic acids is 1. The average Bonchev–Trinajstić information content (AvgIpc) is 2.73. The largest absolute Gasteiger partial charge is 0.416 e. The van der Waals surface area contributed by atoms with Crippen LogP contribution < -0.4 is 10.6 Å². The second-order valence-corrected chi connectivity index (χ2v) is 7.27. The van der Waals surface area contributed by atoms with Crippen molar-refractivity contribution in [1.29, 1.82) is 0 Å². The maximum Gasteiger partial charge on any atom is 0.416 e. The van der Waals surface area contributed by atoms with Crippen molar-refractivity contribution in [2.75, 3.05) is 5.32 Å². The van der Waals surface area contributed by atoms with Crippen LogP contribution in [-0.4, -0.2) is 28.3 Å². The molecule has 6 nitrogen and oxygen atoms in total. The summed E-state index contributed by atoms with van der Waals surface area (Å²) < 4.78 is 45.1. The lowest BCUT2D eigenvalue weighted by Gasteiger charge is -2.29. The molecule has 30 heavy (non-hydrogen) atoms. The molecular formula is C21H24F3N3O3. The Hall–Kier alpha value is -2.65. The maximum absolute atomic E-state index is 13.1. The van der Waals surface area contributed by atoms with E-state index in [9.17, 15) is 18.0 Å². The number of nitrogens with one attached hydrogen (secondary N) is 2. The number of halogens is 3. The first-order valence-electron chi connectivity index (χ1n) is 9.74. The van der Waals surface area contributed by atoms with Gasteiger partial charge < -0.3 is 20.5 Å². The molecule has 0 unspecified atom stereocenters. The first kappa shape index (κ1) is 22.0. The fourth-order valence-electron chi connectivity index (χ4n) is 3.48. The minimum atomic E-state index is -4.61. The molecule has 3 rings (SSSR count). The first-order valence-corrected chi connectivity index (χ1v) is 9.74. The summed E-state index contributed by atoms with van der Waals surface area (Å²) in [5.41, 5.74) is -0.130. The van der Waals surface area contributed by atoms with E-state index in [1.807, 2.05) is 12.1 Å². The van der Waals surface area contributed by atoms with Crippen LogP contribution in [0.25, 0.3) is 0 Å². The lowest BCUT2D eigenvalue weighted by atomic mass is 9.93. The molecule has 162 valence electrons. The van der Waals surface area contributed by atoms with E-state index >= 15 is 0 Å². The predicted octanol–water partition coefficient (Wildman–Crippen LogP) is 4.24. The van der Waals surface area contributed by atoms with Gasteiger partial charge in [0, 0.05) is 24.1 Å². The Morgan fingerprint density at radius 1 is 1.13 bits per heavy atom. The molecule has 1 aliphatic carbocycles. The maximum atomic E-state index is 13.1. The van der Waals surface area contributed by atoms with Crippen molar-refractivity contribution in [3.8, 4) is 0 Å². The Labute approximate surface area is 172 Å². The van der Waals surface area contributed by atoms with Crippen molar-refractivity contribution in [1.82, 2.24) is 10.3 Å². The van der Waals surface area contributed by atoms with Gasteiger partial charge >= 0.3 is 12.2 Å². The van der Waals surface area contributed by atoms with E-state index in [4.69, 9.17) is 9.84 Å². The Morgan fingerprint density at radius 2 is 1.83 bits per heavy atom. The molecule has 0 atom stereocenters. The smallest absolute Gasteiger partial charge is 0.392 e. The van der Waals surface area contributed by atoms with Crippen molar-refractivity contribution in [3.05, 3.63) is 59.4 Å². The van der Waals surface area contributed by atoms with Gasteiger partial charge in [-0.05, 0) is 61.1 Å². The molecule has 9 heteroatoms. The molecule has 1 aromatic heterocycles. The molecule has 0 aliphatic heterocycles. The van der Waals surface area contributed by atoms with Gasteiger partial charge in [0.1, 0.15) is 0 Å². The van der Waals surface area contributed by atoms with Gasteiger partial charge in [0.2, 0.25) is 0 Å². The van der Waals surface area contributed by atoms with Crippen LogP contribution in [-0.2, 0) is 24.1 Å². The van der Waals surface area contributed by atoms with Crippen LogP contribution in [0.15, 0.2) is 42.7 Å². The summed E-state index contributed by atoms with van der Waals surface area (Å²) in [6.45, 7) is -0.217. The highest BCUT2D eigenvalue weighted by Gasteiger charge is 2.33. The zero-order chi connectivity index (χ0) is 21.6. The van der Waals surface area contributed by atoms with Crippen LogP contribution in [0.2, 0.25) is 0 Å². The lowest BCUT2D eigenvalue weighted by molar-refractivity contribution is -0.138. The highest BCUT2D eigenvalue weighted by molar-refractivity contribution is 5.89. The van der Waals surface area contributed by atoms with E-state index in [1.165, 1.54) is 6.07 Å². The average molecular weight is 423 g/mol. The zero-order valence-electron chi connectivity index (χ0n) is 16.3. The third-order valence-electron chi connectivity index (χ3n) is 5.09. The normalized spacial score (nSPS) is 19.3. The number of carbonyl (C=O) groups is 1. The molecule has 1 saturated carbocycles. The Morgan fingerprint density at radius 3 is 2.47 bits per heavy atom. The summed E-state index contributed by atoms with van der Waals surface area (Å²) in [6.07, 6.45) is 1.97. The standard InChI is InChI=1S/C21H24F3N3O3/c22-21(23,24)19-11-17(2-1-15(19)12-28)27-20(29)26-16-3-5-18(6-4-16)30-13-14-7-9-25-10-8-14/h1-2,7-11,16,18,28H,3-6,12-13H2,(H2,26,27,29)/t16-,18-. The van der Waals surface area contributed by atoms with Crippen molar-refractivity contribution in [2.24, 2.45) is 0 Å². The topological polar surface area (TPSA) is 83.5 Å². The van der Waals surface area contributed by atoms with Gasteiger partial charge in [-0.3, -0.25) is 4.98 Å². The van der Waals surface area contributed by atoms with Crippen molar-refractivity contribution in [3.63, 3.8) is 0 Å². The number of urea groups is 1. The summed E-state index contributed by atoms with van der Waals surface area (Å²) in [6, 6.07) is 6.50. The SMILES string of the molecule is O=C(Nc1ccc(CO)c(C(F)(F)F)c1)N[C@H]1CC[C@H](OCc2ccncc2)CC1. The van der Waals surface area contributed by atoms with E-state index in [0.29, 0.717) is 6.61 Å². The molecule has 1 heterocycles. The summed E-state index contributed by atoms with van der Waals surface area (Å²) in [5.74, 6) is 0. The molecular weight excluding hydrogens is 399 g/mol.